The van der Waals surface area contributed by atoms with E-state index >= 15 is 0 Å². The van der Waals surface area contributed by atoms with Gasteiger partial charge < -0.3 is 4.90 Å². The molecule has 0 N–H and O–H groups in total. The third-order valence-corrected chi connectivity index (χ3v) is 5.68. The number of anilines is 3. The van der Waals surface area contributed by atoms with Crippen molar-refractivity contribution in [2.75, 3.05) is 4.90 Å². The largest absolute Gasteiger partial charge is 0.310 e. The predicted octanol–water partition coefficient (Wildman–Crippen LogP) is 8.80. The highest BCUT2D eigenvalue weighted by molar-refractivity contribution is 5.81. The Morgan fingerprint density at radius 1 is 0.375 bits per heavy atom. The van der Waals surface area contributed by atoms with Crippen molar-refractivity contribution in [1.29, 1.82) is 0 Å². The molecular weight excluding hydrogens is 386 g/mol. The minimum atomic E-state index is 1.14. The zero-order chi connectivity index (χ0) is 21.8. The molecule has 0 bridgehead atoms. The molecule has 32 heavy (non-hydrogen) atoms. The molecule has 0 aliphatic carbocycles. The standard InChI is InChI=1S/C31H25N/c1-24-11-8-12-25(21-24)26-13-9-14-27(22-26)28-15-10-20-31(23-28)32(29-16-4-2-5-17-29)30-18-6-3-7-19-30/h2-23H,1H3. The van der Waals surface area contributed by atoms with Crippen molar-refractivity contribution in [1.82, 2.24) is 0 Å². The Morgan fingerprint density at radius 3 is 1.38 bits per heavy atom. The Morgan fingerprint density at radius 2 is 0.812 bits per heavy atom. The van der Waals surface area contributed by atoms with Gasteiger partial charge in [-0.25, -0.2) is 0 Å². The second-order valence-electron chi connectivity index (χ2n) is 8.01. The number of para-hydroxylation sites is 2. The van der Waals surface area contributed by atoms with E-state index in [1.807, 2.05) is 0 Å². The summed E-state index contributed by atoms with van der Waals surface area (Å²) in [4.78, 5) is 2.30. The highest BCUT2D eigenvalue weighted by Crippen LogP contribution is 2.36. The molecule has 0 heterocycles. The summed E-state index contributed by atoms with van der Waals surface area (Å²) in [5.74, 6) is 0. The molecule has 0 saturated carbocycles. The van der Waals surface area contributed by atoms with Crippen molar-refractivity contribution in [3.8, 4) is 22.3 Å². The molecule has 0 aromatic heterocycles. The van der Waals surface area contributed by atoms with Gasteiger partial charge in [-0.1, -0.05) is 96.6 Å². The zero-order valence-corrected chi connectivity index (χ0v) is 18.1. The van der Waals surface area contributed by atoms with Gasteiger partial charge >= 0.3 is 0 Å². The minimum absolute atomic E-state index is 1.14. The van der Waals surface area contributed by atoms with E-state index in [0.29, 0.717) is 0 Å². The number of benzene rings is 5. The Kier molecular flexibility index (Phi) is 5.55. The quantitative estimate of drug-likeness (QED) is 0.279. The van der Waals surface area contributed by atoms with Crippen molar-refractivity contribution in [2.24, 2.45) is 0 Å². The van der Waals surface area contributed by atoms with E-state index in [-0.39, 0.29) is 0 Å². The van der Waals surface area contributed by atoms with Crippen LogP contribution < -0.4 is 4.90 Å². The average molecular weight is 412 g/mol. The fourth-order valence-corrected chi connectivity index (χ4v) is 4.13. The molecule has 0 spiro atoms. The van der Waals surface area contributed by atoms with Crippen LogP contribution in [0.25, 0.3) is 22.3 Å². The van der Waals surface area contributed by atoms with Gasteiger partial charge in [-0.3, -0.25) is 0 Å². The lowest BCUT2D eigenvalue weighted by Crippen LogP contribution is -2.09. The molecule has 0 unspecified atom stereocenters. The molecule has 0 fully saturated rings. The second-order valence-corrected chi connectivity index (χ2v) is 8.01. The van der Waals surface area contributed by atoms with Crippen LogP contribution in [-0.4, -0.2) is 0 Å². The first kappa shape index (κ1) is 19.8. The molecule has 5 aromatic rings. The smallest absolute Gasteiger partial charge is 0.0467 e. The number of hydrogen-bond acceptors (Lipinski definition) is 1. The fourth-order valence-electron chi connectivity index (χ4n) is 4.13. The maximum atomic E-state index is 2.30. The van der Waals surface area contributed by atoms with Gasteiger partial charge in [-0.05, 0) is 71.6 Å². The summed E-state index contributed by atoms with van der Waals surface area (Å²) >= 11 is 0. The van der Waals surface area contributed by atoms with Crippen LogP contribution in [0.2, 0.25) is 0 Å². The molecule has 0 aliphatic rings. The molecule has 0 saturated heterocycles. The van der Waals surface area contributed by atoms with Crippen LogP contribution >= 0.6 is 0 Å². The van der Waals surface area contributed by atoms with Gasteiger partial charge in [-0.2, -0.15) is 0 Å². The highest BCUT2D eigenvalue weighted by Gasteiger charge is 2.12. The SMILES string of the molecule is Cc1cccc(-c2cccc(-c3cccc(N(c4ccccc4)c4ccccc4)c3)c2)c1. The Hall–Kier alpha value is -4.10. The predicted molar refractivity (Wildman–Crippen MR) is 137 cm³/mol. The Bertz CT molecular complexity index is 1280. The van der Waals surface area contributed by atoms with Crippen molar-refractivity contribution < 1.29 is 0 Å². The lowest BCUT2D eigenvalue weighted by Gasteiger charge is -2.26. The topological polar surface area (TPSA) is 3.24 Å². The molecule has 5 rings (SSSR count). The van der Waals surface area contributed by atoms with Gasteiger partial charge in [0.05, 0.1) is 0 Å². The third-order valence-electron chi connectivity index (χ3n) is 5.68. The van der Waals surface area contributed by atoms with Crippen LogP contribution in [-0.2, 0) is 0 Å². The van der Waals surface area contributed by atoms with E-state index in [4.69, 9.17) is 0 Å². The van der Waals surface area contributed by atoms with Gasteiger partial charge in [0, 0.05) is 17.1 Å². The monoisotopic (exact) mass is 411 g/mol. The molecule has 1 heteroatoms. The van der Waals surface area contributed by atoms with Gasteiger partial charge in [0.25, 0.3) is 0 Å². The van der Waals surface area contributed by atoms with Crippen LogP contribution in [0.15, 0.2) is 133 Å². The summed E-state index contributed by atoms with van der Waals surface area (Å²) in [7, 11) is 0. The number of nitrogens with zero attached hydrogens (tertiary/aromatic N) is 1. The van der Waals surface area contributed by atoms with E-state index in [9.17, 15) is 0 Å². The first-order valence-corrected chi connectivity index (χ1v) is 11.0. The maximum absolute atomic E-state index is 2.30. The summed E-state index contributed by atoms with van der Waals surface area (Å²) in [6.45, 7) is 2.14. The van der Waals surface area contributed by atoms with Crippen LogP contribution in [0, 0.1) is 6.92 Å². The fraction of sp³-hybridized carbons (Fsp3) is 0.0323. The van der Waals surface area contributed by atoms with Crippen molar-refractivity contribution in [3.05, 3.63) is 139 Å². The van der Waals surface area contributed by atoms with E-state index in [1.54, 1.807) is 0 Å². The van der Waals surface area contributed by atoms with Gasteiger partial charge in [0.15, 0.2) is 0 Å². The summed E-state index contributed by atoms with van der Waals surface area (Å²) in [5, 5.41) is 0. The second kappa shape index (κ2) is 8.95. The molecule has 1 nitrogen and oxygen atoms in total. The first-order valence-electron chi connectivity index (χ1n) is 11.0. The molecule has 0 radical (unpaired) electrons. The molecule has 0 atom stereocenters. The molecule has 0 aliphatic heterocycles. The lowest BCUT2D eigenvalue weighted by atomic mass is 9.98. The van der Waals surface area contributed by atoms with E-state index in [1.165, 1.54) is 27.8 Å². The molecule has 5 aromatic carbocycles. The maximum Gasteiger partial charge on any atom is 0.0467 e. The summed E-state index contributed by atoms with van der Waals surface area (Å²) in [6, 6.07) is 47.3. The minimum Gasteiger partial charge on any atom is -0.310 e. The van der Waals surface area contributed by atoms with Gasteiger partial charge in [0.2, 0.25) is 0 Å². The third kappa shape index (κ3) is 4.19. The van der Waals surface area contributed by atoms with Crippen LogP contribution in [0.1, 0.15) is 5.56 Å². The number of aryl methyl sites for hydroxylation is 1. The average Bonchev–Trinajstić information content (AvgIpc) is 2.86. The molecular formula is C31H25N. The van der Waals surface area contributed by atoms with Crippen LogP contribution in [0.4, 0.5) is 17.1 Å². The molecule has 154 valence electrons. The van der Waals surface area contributed by atoms with Crippen molar-refractivity contribution >= 4 is 17.1 Å². The van der Waals surface area contributed by atoms with Gasteiger partial charge in [-0.15, -0.1) is 0 Å². The van der Waals surface area contributed by atoms with Crippen molar-refractivity contribution in [3.63, 3.8) is 0 Å². The number of rotatable bonds is 5. The molecule has 0 amide bonds. The normalized spacial score (nSPS) is 10.7. The number of hydrogen-bond donors (Lipinski definition) is 0. The lowest BCUT2D eigenvalue weighted by molar-refractivity contribution is 1.28. The summed E-state index contributed by atoms with van der Waals surface area (Å²) in [6.07, 6.45) is 0. The zero-order valence-electron chi connectivity index (χ0n) is 18.1. The summed E-state index contributed by atoms with van der Waals surface area (Å²) < 4.78 is 0. The Balaban J connectivity index is 1.58. The Labute approximate surface area is 190 Å². The van der Waals surface area contributed by atoms with Crippen LogP contribution in [0.5, 0.6) is 0 Å². The summed E-state index contributed by atoms with van der Waals surface area (Å²) in [5.41, 5.74) is 9.60. The van der Waals surface area contributed by atoms with Gasteiger partial charge in [0.1, 0.15) is 0 Å². The van der Waals surface area contributed by atoms with E-state index in [0.717, 1.165) is 17.1 Å². The highest BCUT2D eigenvalue weighted by atomic mass is 15.1. The van der Waals surface area contributed by atoms with Crippen molar-refractivity contribution in [2.45, 2.75) is 6.92 Å². The van der Waals surface area contributed by atoms with E-state index in [2.05, 4.69) is 145 Å². The first-order chi connectivity index (χ1) is 15.8. The van der Waals surface area contributed by atoms with E-state index < -0.39 is 0 Å². The van der Waals surface area contributed by atoms with Crippen LogP contribution in [0.3, 0.4) is 0 Å².